The van der Waals surface area contributed by atoms with Crippen LogP contribution in [-0.4, -0.2) is 64.1 Å². The van der Waals surface area contributed by atoms with Gasteiger partial charge < -0.3 is 10.6 Å². The van der Waals surface area contributed by atoms with Gasteiger partial charge in [0.1, 0.15) is 0 Å². The predicted octanol–water partition coefficient (Wildman–Crippen LogP) is 2.95. The average molecular weight is 440 g/mol. The molecular formula is C23H26F2N6O. The van der Waals surface area contributed by atoms with Gasteiger partial charge in [0.25, 0.3) is 11.8 Å². The standard InChI is InChI=1S/C23H26F2N6O/c24-23(25)5-8-31(14-23)13-15-9-17(12-27-11-15)16-1-2-20-19(10-16)21(30-29-20)22(32)28-18-3-6-26-7-4-18/h1-2,9-12,18,26H,3-8,13-14H2,(H,28,32)(H,29,30). The fourth-order valence-corrected chi connectivity index (χ4v) is 4.52. The van der Waals surface area contributed by atoms with Crippen LogP contribution in [0.1, 0.15) is 35.3 Å². The summed E-state index contributed by atoms with van der Waals surface area (Å²) in [6.07, 6.45) is 5.17. The number of H-pyrrole nitrogens is 1. The molecule has 32 heavy (non-hydrogen) atoms. The van der Waals surface area contributed by atoms with Gasteiger partial charge in [-0.15, -0.1) is 0 Å². The Kier molecular flexibility index (Phi) is 5.60. The number of alkyl halides is 2. The topological polar surface area (TPSA) is 85.9 Å². The van der Waals surface area contributed by atoms with Gasteiger partial charge in [0.05, 0.1) is 12.1 Å². The first-order valence-corrected chi connectivity index (χ1v) is 11.0. The molecular weight excluding hydrogens is 414 g/mol. The number of halogens is 2. The maximum Gasteiger partial charge on any atom is 0.272 e. The molecule has 2 saturated heterocycles. The second kappa shape index (κ2) is 8.55. The Balaban J connectivity index is 1.36. The zero-order chi connectivity index (χ0) is 22.1. The summed E-state index contributed by atoms with van der Waals surface area (Å²) in [5, 5.41) is 14.3. The fourth-order valence-electron chi connectivity index (χ4n) is 4.52. The summed E-state index contributed by atoms with van der Waals surface area (Å²) in [6.45, 7) is 2.40. The number of likely N-dealkylation sites (tertiary alicyclic amines) is 1. The lowest BCUT2D eigenvalue weighted by molar-refractivity contribution is 0.0115. The van der Waals surface area contributed by atoms with Crippen molar-refractivity contribution in [2.75, 3.05) is 26.2 Å². The molecule has 0 unspecified atom stereocenters. The molecule has 0 spiro atoms. The molecule has 1 aromatic carbocycles. The highest BCUT2D eigenvalue weighted by atomic mass is 19.3. The van der Waals surface area contributed by atoms with Crippen molar-refractivity contribution in [1.29, 1.82) is 0 Å². The van der Waals surface area contributed by atoms with Gasteiger partial charge in [-0.2, -0.15) is 5.10 Å². The Labute approximate surface area is 184 Å². The zero-order valence-corrected chi connectivity index (χ0v) is 17.7. The van der Waals surface area contributed by atoms with Crippen LogP contribution in [0, 0.1) is 0 Å². The minimum absolute atomic E-state index is 0.0977. The molecule has 2 aliphatic rings. The zero-order valence-electron chi connectivity index (χ0n) is 17.7. The van der Waals surface area contributed by atoms with Gasteiger partial charge in [-0.25, -0.2) is 8.78 Å². The van der Waals surface area contributed by atoms with Crippen LogP contribution in [0.5, 0.6) is 0 Å². The molecule has 9 heteroatoms. The Hall–Kier alpha value is -2.91. The van der Waals surface area contributed by atoms with Gasteiger partial charge in [-0.3, -0.25) is 19.8 Å². The van der Waals surface area contributed by atoms with E-state index in [9.17, 15) is 13.6 Å². The molecule has 7 nitrogen and oxygen atoms in total. The summed E-state index contributed by atoms with van der Waals surface area (Å²) >= 11 is 0. The molecule has 0 radical (unpaired) electrons. The van der Waals surface area contributed by atoms with E-state index in [-0.39, 0.29) is 24.9 Å². The third kappa shape index (κ3) is 4.49. The van der Waals surface area contributed by atoms with E-state index in [4.69, 9.17) is 0 Å². The molecule has 2 aliphatic heterocycles. The summed E-state index contributed by atoms with van der Waals surface area (Å²) in [7, 11) is 0. The third-order valence-corrected chi connectivity index (χ3v) is 6.24. The highest BCUT2D eigenvalue weighted by molar-refractivity contribution is 6.05. The molecule has 5 rings (SSSR count). The van der Waals surface area contributed by atoms with Crippen LogP contribution in [-0.2, 0) is 6.54 Å². The quantitative estimate of drug-likeness (QED) is 0.568. The van der Waals surface area contributed by atoms with Crippen molar-refractivity contribution in [3.63, 3.8) is 0 Å². The largest absolute Gasteiger partial charge is 0.348 e. The smallest absolute Gasteiger partial charge is 0.272 e. The maximum absolute atomic E-state index is 13.5. The van der Waals surface area contributed by atoms with Gasteiger partial charge in [0, 0.05) is 48.9 Å². The summed E-state index contributed by atoms with van der Waals surface area (Å²) < 4.78 is 27.0. The first-order chi connectivity index (χ1) is 15.5. The van der Waals surface area contributed by atoms with Crippen LogP contribution >= 0.6 is 0 Å². The second-order valence-corrected chi connectivity index (χ2v) is 8.73. The number of piperidine rings is 1. The van der Waals surface area contributed by atoms with Crippen molar-refractivity contribution in [3.8, 4) is 11.1 Å². The lowest BCUT2D eigenvalue weighted by Crippen LogP contribution is -2.42. The molecule has 2 aromatic heterocycles. The van der Waals surface area contributed by atoms with E-state index >= 15 is 0 Å². The number of rotatable bonds is 5. The van der Waals surface area contributed by atoms with E-state index in [0.29, 0.717) is 18.8 Å². The van der Waals surface area contributed by atoms with Crippen LogP contribution < -0.4 is 10.6 Å². The van der Waals surface area contributed by atoms with Gasteiger partial charge >= 0.3 is 0 Å². The van der Waals surface area contributed by atoms with Crippen LogP contribution in [0.2, 0.25) is 0 Å². The number of benzene rings is 1. The number of hydrogen-bond acceptors (Lipinski definition) is 5. The molecule has 0 bridgehead atoms. The Morgan fingerprint density at radius 2 is 2.03 bits per heavy atom. The van der Waals surface area contributed by atoms with Crippen molar-refractivity contribution in [2.24, 2.45) is 0 Å². The molecule has 2 fully saturated rings. The van der Waals surface area contributed by atoms with Gasteiger partial charge in [-0.05, 0) is 55.3 Å². The number of pyridine rings is 1. The third-order valence-electron chi connectivity index (χ3n) is 6.24. The summed E-state index contributed by atoms with van der Waals surface area (Å²) in [5.41, 5.74) is 3.82. The number of aromatic nitrogens is 3. The summed E-state index contributed by atoms with van der Waals surface area (Å²) in [4.78, 5) is 18.9. The number of amides is 1. The van der Waals surface area contributed by atoms with E-state index in [1.165, 1.54) is 0 Å². The molecule has 0 aliphatic carbocycles. The fraction of sp³-hybridized carbons (Fsp3) is 0.435. The molecule has 3 N–H and O–H groups in total. The number of nitrogens with zero attached hydrogens (tertiary/aromatic N) is 3. The maximum atomic E-state index is 13.5. The highest BCUT2D eigenvalue weighted by Gasteiger charge is 2.37. The SMILES string of the molecule is O=C(NC1CCNCC1)c1n[nH]c2ccc(-c3cncc(CN4CCC(F)(F)C4)c3)cc12. The Bertz CT molecular complexity index is 1120. The lowest BCUT2D eigenvalue weighted by atomic mass is 10.0. The van der Waals surface area contributed by atoms with Crippen LogP contribution in [0.3, 0.4) is 0 Å². The first-order valence-electron chi connectivity index (χ1n) is 11.0. The van der Waals surface area contributed by atoms with E-state index in [1.807, 2.05) is 24.3 Å². The van der Waals surface area contributed by atoms with E-state index in [0.717, 1.165) is 53.5 Å². The van der Waals surface area contributed by atoms with Crippen LogP contribution in [0.15, 0.2) is 36.7 Å². The molecule has 3 aromatic rings. The van der Waals surface area contributed by atoms with Crippen molar-refractivity contribution in [1.82, 2.24) is 30.7 Å². The second-order valence-electron chi connectivity index (χ2n) is 8.73. The normalized spacial score (nSPS) is 19.4. The monoisotopic (exact) mass is 440 g/mol. The van der Waals surface area contributed by atoms with Crippen LogP contribution in [0.4, 0.5) is 8.78 Å². The van der Waals surface area contributed by atoms with Crippen molar-refractivity contribution < 1.29 is 13.6 Å². The summed E-state index contributed by atoms with van der Waals surface area (Å²) in [5.74, 6) is -2.79. The number of hydrogen-bond donors (Lipinski definition) is 3. The van der Waals surface area contributed by atoms with Gasteiger partial charge in [0.2, 0.25) is 0 Å². The molecule has 4 heterocycles. The van der Waals surface area contributed by atoms with Crippen molar-refractivity contribution in [3.05, 3.63) is 47.9 Å². The summed E-state index contributed by atoms with van der Waals surface area (Å²) in [6, 6.07) is 7.89. The molecule has 168 valence electrons. The number of aromatic amines is 1. The first kappa shape index (κ1) is 21.0. The molecule has 0 saturated carbocycles. The molecule has 1 amide bonds. The Morgan fingerprint density at radius 3 is 2.81 bits per heavy atom. The minimum atomic E-state index is -2.61. The minimum Gasteiger partial charge on any atom is -0.348 e. The number of fused-ring (bicyclic) bond motifs is 1. The van der Waals surface area contributed by atoms with Crippen LogP contribution in [0.25, 0.3) is 22.0 Å². The molecule has 0 atom stereocenters. The average Bonchev–Trinajstić information content (AvgIpc) is 3.36. The number of carbonyl (C=O) groups excluding carboxylic acids is 1. The predicted molar refractivity (Wildman–Crippen MR) is 118 cm³/mol. The Morgan fingerprint density at radius 1 is 1.19 bits per heavy atom. The van der Waals surface area contributed by atoms with E-state index in [1.54, 1.807) is 17.3 Å². The van der Waals surface area contributed by atoms with Gasteiger partial charge in [0.15, 0.2) is 5.69 Å². The van der Waals surface area contributed by atoms with Crippen molar-refractivity contribution in [2.45, 2.75) is 37.8 Å². The van der Waals surface area contributed by atoms with E-state index < -0.39 is 5.92 Å². The van der Waals surface area contributed by atoms with Gasteiger partial charge in [-0.1, -0.05) is 6.07 Å². The number of nitrogens with one attached hydrogen (secondary N) is 3. The number of carbonyl (C=O) groups is 1. The highest BCUT2D eigenvalue weighted by Crippen LogP contribution is 2.29. The lowest BCUT2D eigenvalue weighted by Gasteiger charge is -2.23. The van der Waals surface area contributed by atoms with E-state index in [2.05, 4.69) is 25.8 Å². The van der Waals surface area contributed by atoms with Crippen molar-refractivity contribution >= 4 is 16.8 Å².